The van der Waals surface area contributed by atoms with Gasteiger partial charge in [-0.05, 0) is 62.7 Å². The minimum atomic E-state index is -0.390. The van der Waals surface area contributed by atoms with E-state index < -0.39 is 0 Å². The van der Waals surface area contributed by atoms with Crippen molar-refractivity contribution < 1.29 is 18.7 Å². The highest BCUT2D eigenvalue weighted by atomic mass is 32.2. The second-order valence-corrected chi connectivity index (χ2v) is 8.20. The molecule has 1 amide bonds. The molecule has 2 aromatic rings. The number of amides is 1. The molecule has 1 aromatic carbocycles. The summed E-state index contributed by atoms with van der Waals surface area (Å²) in [5, 5.41) is 0.575. The van der Waals surface area contributed by atoms with Crippen molar-refractivity contribution in [2.24, 2.45) is 4.99 Å². The normalized spacial score (nSPS) is 19.1. The zero-order chi connectivity index (χ0) is 21.8. The second kappa shape index (κ2) is 9.43. The molecule has 0 radical (unpaired) electrons. The van der Waals surface area contributed by atoms with Gasteiger partial charge in [0.2, 0.25) is 0 Å². The lowest BCUT2D eigenvalue weighted by molar-refractivity contribution is -0.122. The number of thioether (sulfide) groups is 1. The number of ether oxygens (including phenoxy) is 1. The van der Waals surface area contributed by atoms with Crippen molar-refractivity contribution in [1.29, 1.82) is 0 Å². The van der Waals surface area contributed by atoms with Crippen LogP contribution in [0, 0.1) is 0 Å². The molecule has 0 N–H and O–H groups in total. The van der Waals surface area contributed by atoms with Crippen LogP contribution >= 0.6 is 11.8 Å². The van der Waals surface area contributed by atoms with Crippen molar-refractivity contribution in [3.05, 3.63) is 52.6 Å². The van der Waals surface area contributed by atoms with E-state index in [4.69, 9.17) is 9.15 Å². The van der Waals surface area contributed by atoms with Gasteiger partial charge in [0.05, 0.1) is 22.8 Å². The molecule has 0 saturated carbocycles. The molecule has 0 unspecified atom stereocenters. The summed E-state index contributed by atoms with van der Waals surface area (Å²) in [5.41, 5.74) is 1.02. The summed E-state index contributed by atoms with van der Waals surface area (Å²) in [6.07, 6.45) is 4.12. The summed E-state index contributed by atoms with van der Waals surface area (Å²) in [6, 6.07) is 10.7. The molecule has 0 bridgehead atoms. The predicted molar refractivity (Wildman–Crippen MR) is 123 cm³/mol. The van der Waals surface area contributed by atoms with E-state index in [1.54, 1.807) is 42.2 Å². The molecular formula is C23H25N3O4S. The number of nitrogens with zero attached hydrogens (tertiary/aromatic N) is 3. The maximum Gasteiger partial charge on any atom is 0.338 e. The first-order valence-corrected chi connectivity index (χ1v) is 11.3. The molecule has 31 heavy (non-hydrogen) atoms. The largest absolute Gasteiger partial charge is 0.462 e. The van der Waals surface area contributed by atoms with Crippen LogP contribution in [0.5, 0.6) is 0 Å². The Labute approximate surface area is 185 Å². The number of esters is 1. The number of benzene rings is 1. The number of hydrogen-bond acceptors (Lipinski definition) is 7. The molecule has 7 nitrogen and oxygen atoms in total. The molecule has 2 aliphatic rings. The SMILES string of the molecule is CCOC(=O)c1cccc(N=C2SC(=Cc3ccc(N4CCCC4)o3)C(=O)N2CC)c1. The molecule has 3 heterocycles. The molecule has 8 heteroatoms. The Balaban J connectivity index is 1.56. The van der Waals surface area contributed by atoms with Crippen LogP contribution in [0.15, 0.2) is 50.7 Å². The van der Waals surface area contributed by atoms with Crippen molar-refractivity contribution >= 4 is 46.5 Å². The van der Waals surface area contributed by atoms with E-state index in [9.17, 15) is 9.59 Å². The summed E-state index contributed by atoms with van der Waals surface area (Å²) < 4.78 is 11.0. The summed E-state index contributed by atoms with van der Waals surface area (Å²) >= 11 is 1.30. The van der Waals surface area contributed by atoms with Crippen molar-refractivity contribution in [3.8, 4) is 0 Å². The maximum atomic E-state index is 12.9. The average molecular weight is 440 g/mol. The maximum absolute atomic E-state index is 12.9. The van der Waals surface area contributed by atoms with Gasteiger partial charge in [0.25, 0.3) is 5.91 Å². The molecule has 2 aliphatic heterocycles. The van der Waals surface area contributed by atoms with Gasteiger partial charge in [-0.1, -0.05) is 6.07 Å². The predicted octanol–water partition coefficient (Wildman–Crippen LogP) is 4.68. The summed E-state index contributed by atoms with van der Waals surface area (Å²) in [5.74, 6) is 1.00. The molecule has 4 rings (SSSR count). The number of anilines is 1. The Morgan fingerprint density at radius 2 is 2.03 bits per heavy atom. The standard InChI is InChI=1S/C23H25N3O4S/c1-3-26-21(27)19(15-18-10-11-20(30-18)25-12-5-6-13-25)31-23(26)24-17-9-7-8-16(14-17)22(28)29-4-2/h7-11,14-15H,3-6,12-13H2,1-2H3. The van der Waals surface area contributed by atoms with Crippen molar-refractivity contribution in [1.82, 2.24) is 4.90 Å². The molecule has 0 atom stereocenters. The third-order valence-electron chi connectivity index (χ3n) is 5.09. The fourth-order valence-corrected chi connectivity index (χ4v) is 4.60. The van der Waals surface area contributed by atoms with Crippen LogP contribution < -0.4 is 4.90 Å². The van der Waals surface area contributed by atoms with E-state index >= 15 is 0 Å². The monoisotopic (exact) mass is 439 g/mol. The third kappa shape index (κ3) is 4.69. The Hall–Kier alpha value is -3.00. The number of aliphatic imine (C=N–C) groups is 1. The van der Waals surface area contributed by atoms with Gasteiger partial charge in [-0.3, -0.25) is 9.69 Å². The first kappa shape index (κ1) is 21.2. The van der Waals surface area contributed by atoms with Crippen LogP contribution in [0.1, 0.15) is 42.8 Å². The number of likely N-dealkylation sites (N-methyl/N-ethyl adjacent to an activating group) is 1. The van der Waals surface area contributed by atoms with E-state index in [1.807, 2.05) is 19.1 Å². The van der Waals surface area contributed by atoms with E-state index in [1.165, 1.54) is 24.6 Å². The summed E-state index contributed by atoms with van der Waals surface area (Å²) in [6.45, 7) is 6.49. The van der Waals surface area contributed by atoms with Crippen LogP contribution in [0.25, 0.3) is 6.08 Å². The topological polar surface area (TPSA) is 75.3 Å². The molecule has 0 spiro atoms. The van der Waals surface area contributed by atoms with Crippen molar-refractivity contribution in [3.63, 3.8) is 0 Å². The van der Waals surface area contributed by atoms with Gasteiger partial charge in [-0.15, -0.1) is 0 Å². The van der Waals surface area contributed by atoms with Crippen LogP contribution in [-0.2, 0) is 9.53 Å². The zero-order valence-electron chi connectivity index (χ0n) is 17.7. The van der Waals surface area contributed by atoms with Crippen LogP contribution in [-0.4, -0.2) is 48.2 Å². The molecular weight excluding hydrogens is 414 g/mol. The Bertz CT molecular complexity index is 1040. The summed E-state index contributed by atoms with van der Waals surface area (Å²) in [4.78, 5) is 33.9. The number of rotatable bonds is 6. The van der Waals surface area contributed by atoms with Gasteiger partial charge >= 0.3 is 5.97 Å². The Morgan fingerprint density at radius 3 is 2.77 bits per heavy atom. The minimum Gasteiger partial charge on any atom is -0.462 e. The molecule has 0 aliphatic carbocycles. The number of carbonyl (C=O) groups excluding carboxylic acids is 2. The number of hydrogen-bond donors (Lipinski definition) is 0. The van der Waals surface area contributed by atoms with Gasteiger partial charge in [-0.25, -0.2) is 9.79 Å². The summed E-state index contributed by atoms with van der Waals surface area (Å²) in [7, 11) is 0. The number of furan rings is 1. The van der Waals surface area contributed by atoms with Gasteiger partial charge in [0.15, 0.2) is 11.1 Å². The zero-order valence-corrected chi connectivity index (χ0v) is 18.5. The second-order valence-electron chi connectivity index (χ2n) is 7.20. The smallest absolute Gasteiger partial charge is 0.338 e. The van der Waals surface area contributed by atoms with Crippen molar-refractivity contribution in [2.75, 3.05) is 31.1 Å². The number of amidine groups is 1. The highest BCUT2D eigenvalue weighted by molar-refractivity contribution is 8.18. The lowest BCUT2D eigenvalue weighted by atomic mass is 10.2. The van der Waals surface area contributed by atoms with Gasteiger partial charge in [-0.2, -0.15) is 0 Å². The van der Waals surface area contributed by atoms with Crippen molar-refractivity contribution in [2.45, 2.75) is 26.7 Å². The molecule has 1 aromatic heterocycles. The van der Waals surface area contributed by atoms with E-state index in [-0.39, 0.29) is 11.9 Å². The van der Waals surface area contributed by atoms with Crippen LogP contribution in [0.3, 0.4) is 0 Å². The Kier molecular flexibility index (Phi) is 6.46. The fourth-order valence-electron chi connectivity index (χ4n) is 3.55. The lowest BCUT2D eigenvalue weighted by Gasteiger charge is -2.12. The number of carbonyl (C=O) groups is 2. The van der Waals surface area contributed by atoms with Gasteiger partial charge in [0, 0.05) is 31.8 Å². The van der Waals surface area contributed by atoms with Crippen LogP contribution in [0.4, 0.5) is 11.6 Å². The Morgan fingerprint density at radius 1 is 1.23 bits per heavy atom. The minimum absolute atomic E-state index is 0.105. The first-order chi connectivity index (χ1) is 15.1. The quantitative estimate of drug-likeness (QED) is 0.481. The third-order valence-corrected chi connectivity index (χ3v) is 6.10. The van der Waals surface area contributed by atoms with Gasteiger partial charge < -0.3 is 14.1 Å². The molecule has 162 valence electrons. The van der Waals surface area contributed by atoms with Gasteiger partial charge in [0.1, 0.15) is 5.76 Å². The van der Waals surface area contributed by atoms with E-state index in [0.29, 0.717) is 40.2 Å². The first-order valence-electron chi connectivity index (χ1n) is 10.5. The molecule has 2 fully saturated rings. The fraction of sp³-hybridized carbons (Fsp3) is 0.348. The average Bonchev–Trinajstić information content (AvgIpc) is 3.50. The van der Waals surface area contributed by atoms with E-state index in [2.05, 4.69) is 9.89 Å². The highest BCUT2D eigenvalue weighted by Gasteiger charge is 2.32. The molecule has 2 saturated heterocycles. The van der Waals surface area contributed by atoms with E-state index in [0.717, 1.165) is 19.0 Å². The highest BCUT2D eigenvalue weighted by Crippen LogP contribution is 2.35. The lowest BCUT2D eigenvalue weighted by Crippen LogP contribution is -2.28. The van der Waals surface area contributed by atoms with Crippen LogP contribution in [0.2, 0.25) is 0 Å².